The van der Waals surface area contributed by atoms with Crippen LogP contribution in [0.3, 0.4) is 0 Å². The molecule has 4 heterocycles. The van der Waals surface area contributed by atoms with E-state index in [-0.39, 0.29) is 24.7 Å². The van der Waals surface area contributed by atoms with Crippen molar-refractivity contribution in [3.05, 3.63) is 47.1 Å². The molecule has 1 unspecified atom stereocenters. The highest BCUT2D eigenvalue weighted by Crippen LogP contribution is 2.47. The SMILES string of the molecule is CC1=C[C@H]2C(=O)O[C@@H]3C[C@H](C/C=C(\C)C[C@@H](C)/C=C\C=C4CO[C@@H]([C@H]1O)[C@@]42O)OC1(CC[C@H](C)[C@@H](C(C)C)O1)C3. The number of aliphatic hydroxyl groups is 2. The second-order valence-corrected chi connectivity index (χ2v) is 13.4. The van der Waals surface area contributed by atoms with Crippen molar-refractivity contribution < 1.29 is 34.0 Å². The van der Waals surface area contributed by atoms with E-state index in [1.54, 1.807) is 13.0 Å². The number of ether oxygens (including phenoxy) is 4. The lowest BCUT2D eigenvalue weighted by molar-refractivity contribution is -0.340. The van der Waals surface area contributed by atoms with E-state index >= 15 is 0 Å². The Morgan fingerprint density at radius 3 is 2.65 bits per heavy atom. The predicted octanol–water partition coefficient (Wildman–Crippen LogP) is 5.17. The number of aliphatic hydroxyl groups excluding tert-OH is 1. The van der Waals surface area contributed by atoms with Gasteiger partial charge < -0.3 is 29.2 Å². The van der Waals surface area contributed by atoms with Crippen LogP contribution in [0.5, 0.6) is 0 Å². The van der Waals surface area contributed by atoms with Gasteiger partial charge in [-0.3, -0.25) is 4.79 Å². The molecule has 0 saturated carbocycles. The summed E-state index contributed by atoms with van der Waals surface area (Å²) in [5.41, 5.74) is 0.780. The summed E-state index contributed by atoms with van der Waals surface area (Å²) in [7, 11) is 0. The van der Waals surface area contributed by atoms with Gasteiger partial charge in [-0.2, -0.15) is 0 Å². The van der Waals surface area contributed by atoms with Crippen molar-refractivity contribution in [3.8, 4) is 0 Å². The van der Waals surface area contributed by atoms with Crippen molar-refractivity contribution in [1.29, 1.82) is 0 Å². The molecule has 3 saturated heterocycles. The Balaban J connectivity index is 1.51. The monoisotopic (exact) mass is 556 g/mol. The quantitative estimate of drug-likeness (QED) is 0.340. The number of hydrogen-bond donors (Lipinski definition) is 2. The molecule has 0 radical (unpaired) electrons. The van der Waals surface area contributed by atoms with Crippen LogP contribution in [0.2, 0.25) is 0 Å². The summed E-state index contributed by atoms with van der Waals surface area (Å²) < 4.78 is 25.6. The minimum absolute atomic E-state index is 0.0712. The second kappa shape index (κ2) is 11.5. The fraction of sp³-hybridized carbons (Fsp3) is 0.727. The zero-order valence-electron chi connectivity index (χ0n) is 25.0. The minimum Gasteiger partial charge on any atom is -0.462 e. The van der Waals surface area contributed by atoms with Gasteiger partial charge >= 0.3 is 5.97 Å². The van der Waals surface area contributed by atoms with Crippen molar-refractivity contribution >= 4 is 5.97 Å². The van der Waals surface area contributed by atoms with E-state index in [0.717, 1.165) is 25.7 Å². The zero-order valence-corrected chi connectivity index (χ0v) is 25.0. The van der Waals surface area contributed by atoms with Gasteiger partial charge in [0.15, 0.2) is 5.79 Å². The summed E-state index contributed by atoms with van der Waals surface area (Å²) in [4.78, 5) is 13.9. The summed E-state index contributed by atoms with van der Waals surface area (Å²) in [6, 6.07) is 0. The van der Waals surface area contributed by atoms with Crippen LogP contribution < -0.4 is 0 Å². The fourth-order valence-electron chi connectivity index (χ4n) is 7.48. The third-order valence-electron chi connectivity index (χ3n) is 9.67. The van der Waals surface area contributed by atoms with E-state index in [9.17, 15) is 15.0 Å². The number of esters is 1. The summed E-state index contributed by atoms with van der Waals surface area (Å²) in [5.74, 6) is -1.22. The predicted molar refractivity (Wildman–Crippen MR) is 152 cm³/mol. The van der Waals surface area contributed by atoms with Crippen LogP contribution in [0.4, 0.5) is 0 Å². The molecule has 1 aliphatic carbocycles. The maximum absolute atomic E-state index is 13.9. The third kappa shape index (κ3) is 5.65. The minimum atomic E-state index is -1.68. The van der Waals surface area contributed by atoms with Gasteiger partial charge in [-0.1, -0.05) is 63.6 Å². The highest BCUT2D eigenvalue weighted by Gasteiger charge is 2.60. The summed E-state index contributed by atoms with van der Waals surface area (Å²) in [5, 5.41) is 22.9. The Labute approximate surface area is 239 Å². The molecular formula is C33H48O7. The average molecular weight is 557 g/mol. The topological polar surface area (TPSA) is 94.5 Å². The van der Waals surface area contributed by atoms with Gasteiger partial charge in [-0.25, -0.2) is 0 Å². The molecule has 40 heavy (non-hydrogen) atoms. The summed E-state index contributed by atoms with van der Waals surface area (Å²) >= 11 is 0. The third-order valence-corrected chi connectivity index (χ3v) is 9.67. The first-order chi connectivity index (χ1) is 18.9. The molecule has 7 heteroatoms. The smallest absolute Gasteiger partial charge is 0.316 e. The molecule has 5 aliphatic rings. The van der Waals surface area contributed by atoms with Gasteiger partial charge in [0.25, 0.3) is 0 Å². The summed E-state index contributed by atoms with van der Waals surface area (Å²) in [6.07, 6.45) is 11.8. The van der Waals surface area contributed by atoms with Crippen molar-refractivity contribution in [3.63, 3.8) is 0 Å². The van der Waals surface area contributed by atoms with Crippen molar-refractivity contribution in [2.24, 2.45) is 23.7 Å². The van der Waals surface area contributed by atoms with Gasteiger partial charge in [0.05, 0.1) is 18.8 Å². The molecule has 0 amide bonds. The van der Waals surface area contributed by atoms with Crippen molar-refractivity contribution in [2.75, 3.05) is 6.61 Å². The molecule has 1 spiro atoms. The Hall–Kier alpha value is -1.77. The maximum atomic E-state index is 13.9. The molecule has 0 aromatic heterocycles. The first-order valence-electron chi connectivity index (χ1n) is 15.2. The Morgan fingerprint density at radius 1 is 1.12 bits per heavy atom. The van der Waals surface area contributed by atoms with Crippen LogP contribution >= 0.6 is 0 Å². The molecule has 10 atom stereocenters. The van der Waals surface area contributed by atoms with E-state index in [1.807, 2.05) is 12.2 Å². The molecule has 0 aromatic carbocycles. The molecule has 0 aromatic rings. The molecule has 5 rings (SSSR count). The number of rotatable bonds is 1. The number of carbonyl (C=O) groups excluding carboxylic acids is 1. The lowest BCUT2D eigenvalue weighted by Crippen LogP contribution is -2.58. The van der Waals surface area contributed by atoms with E-state index in [1.165, 1.54) is 5.57 Å². The molecular weight excluding hydrogens is 508 g/mol. The van der Waals surface area contributed by atoms with Gasteiger partial charge in [0.1, 0.15) is 29.8 Å². The number of carbonyl (C=O) groups is 1. The molecule has 4 aliphatic heterocycles. The van der Waals surface area contributed by atoms with Crippen LogP contribution in [0.25, 0.3) is 0 Å². The standard InChI is InChI=1S/C33H48O7/c1-19(2)29-22(5)12-13-32(40-29)17-26-16-25(39-32)11-10-21(4)14-20(3)8-7-9-24-18-37-30-28(34)23(6)15-27(31(35)38-26)33(24,30)36/h7-10,15,19-20,22,25-30,34,36H,11-14,16-18H2,1-6H3/b8-7-,21-10+,24-9?/t20-,22-,25-,26+,27-,28-,29+,30-,32?,33+/m0/s1. The normalized spacial score (nSPS) is 46.6. The highest BCUT2D eigenvalue weighted by molar-refractivity contribution is 5.78. The molecule has 3 fully saturated rings. The number of allylic oxidation sites excluding steroid dienone is 4. The van der Waals surface area contributed by atoms with Crippen molar-refractivity contribution in [2.45, 2.75) is 122 Å². The Bertz CT molecular complexity index is 1090. The maximum Gasteiger partial charge on any atom is 0.316 e. The van der Waals surface area contributed by atoms with Crippen LogP contribution in [0, 0.1) is 23.7 Å². The Kier molecular flexibility index (Phi) is 8.53. The largest absolute Gasteiger partial charge is 0.462 e. The van der Waals surface area contributed by atoms with Crippen molar-refractivity contribution in [1.82, 2.24) is 0 Å². The molecule has 222 valence electrons. The fourth-order valence-corrected chi connectivity index (χ4v) is 7.48. The van der Waals surface area contributed by atoms with Gasteiger partial charge in [-0.05, 0) is 62.0 Å². The lowest BCUT2D eigenvalue weighted by atomic mass is 9.71. The van der Waals surface area contributed by atoms with Crippen LogP contribution in [-0.4, -0.2) is 64.7 Å². The second-order valence-electron chi connectivity index (χ2n) is 13.4. The number of fused-ring (bicyclic) bond motifs is 2. The van der Waals surface area contributed by atoms with Crippen LogP contribution in [0.1, 0.15) is 80.1 Å². The van der Waals surface area contributed by atoms with Crippen LogP contribution in [0.15, 0.2) is 47.1 Å². The van der Waals surface area contributed by atoms with E-state index in [2.05, 4.69) is 46.8 Å². The average Bonchev–Trinajstić information content (AvgIpc) is 3.23. The molecule has 2 N–H and O–H groups in total. The van der Waals surface area contributed by atoms with Crippen LogP contribution in [-0.2, 0) is 23.7 Å². The lowest BCUT2D eigenvalue weighted by Gasteiger charge is -2.50. The molecule has 7 nitrogen and oxygen atoms in total. The summed E-state index contributed by atoms with van der Waals surface area (Å²) in [6.45, 7) is 12.8. The van der Waals surface area contributed by atoms with Gasteiger partial charge in [0, 0.05) is 19.3 Å². The Morgan fingerprint density at radius 2 is 1.90 bits per heavy atom. The highest BCUT2D eigenvalue weighted by atomic mass is 16.7. The van der Waals surface area contributed by atoms with E-state index in [4.69, 9.17) is 18.9 Å². The zero-order chi connectivity index (χ0) is 28.8. The number of hydrogen-bond acceptors (Lipinski definition) is 7. The van der Waals surface area contributed by atoms with E-state index in [0.29, 0.717) is 35.8 Å². The van der Waals surface area contributed by atoms with Gasteiger partial charge in [0.2, 0.25) is 0 Å². The van der Waals surface area contributed by atoms with E-state index < -0.39 is 41.6 Å². The first kappa shape index (κ1) is 29.7. The first-order valence-corrected chi connectivity index (χ1v) is 15.2. The molecule has 2 bridgehead atoms. The van der Waals surface area contributed by atoms with Gasteiger partial charge in [-0.15, -0.1) is 0 Å².